The van der Waals surface area contributed by atoms with E-state index in [1.54, 1.807) is 6.92 Å². The fourth-order valence-corrected chi connectivity index (χ4v) is 2.24. The molecule has 0 saturated carbocycles. The van der Waals surface area contributed by atoms with Crippen LogP contribution >= 0.6 is 0 Å². The summed E-state index contributed by atoms with van der Waals surface area (Å²) >= 11 is 0. The molecule has 0 aliphatic rings. The third-order valence-corrected chi connectivity index (χ3v) is 3.38. The number of fused-ring (bicyclic) bond motifs is 1. The van der Waals surface area contributed by atoms with Gasteiger partial charge in [0.25, 0.3) is 0 Å². The van der Waals surface area contributed by atoms with Gasteiger partial charge in [0.1, 0.15) is 5.75 Å². The van der Waals surface area contributed by atoms with Crippen LogP contribution in [0.25, 0.3) is 10.8 Å². The van der Waals surface area contributed by atoms with Crippen LogP contribution < -0.4 is 10.1 Å². The molecule has 0 saturated heterocycles. The molecule has 2 aromatic carbocycles. The third-order valence-electron chi connectivity index (χ3n) is 3.38. The minimum absolute atomic E-state index is 0.632. The number of nitrogens with one attached hydrogen (secondary N) is 1. The van der Waals surface area contributed by atoms with E-state index >= 15 is 0 Å². The lowest BCUT2D eigenvalue weighted by atomic mass is 10.0. The second-order valence-corrected chi connectivity index (χ2v) is 5.04. The number of rotatable bonds is 7. The number of hydrogen-bond acceptors (Lipinski definition) is 3. The highest BCUT2D eigenvalue weighted by atomic mass is 16.5. The molecular weight excluding hydrogens is 266 g/mol. The first kappa shape index (κ1) is 15.3. The summed E-state index contributed by atoms with van der Waals surface area (Å²) in [5.74, 6) is -0.331. The zero-order valence-electron chi connectivity index (χ0n) is 12.4. The molecule has 1 unspecified atom stereocenters. The van der Waals surface area contributed by atoms with Crippen LogP contribution in [0.1, 0.15) is 25.8 Å². The molecule has 4 nitrogen and oxygen atoms in total. The minimum atomic E-state index is -0.962. The summed E-state index contributed by atoms with van der Waals surface area (Å²) < 4.78 is 5.61. The maximum absolute atomic E-state index is 11.0. The summed E-state index contributed by atoms with van der Waals surface area (Å²) in [5, 5.41) is 14.6. The Morgan fingerprint density at radius 2 is 2.05 bits per heavy atom. The summed E-state index contributed by atoms with van der Waals surface area (Å²) in [6, 6.07) is 11.9. The van der Waals surface area contributed by atoms with Crippen molar-refractivity contribution in [1.29, 1.82) is 0 Å². The molecule has 1 atom stereocenters. The smallest absolute Gasteiger partial charge is 0.344 e. The van der Waals surface area contributed by atoms with Gasteiger partial charge in [-0.1, -0.05) is 37.3 Å². The van der Waals surface area contributed by atoms with Gasteiger partial charge in [0.05, 0.1) is 0 Å². The number of hydrogen-bond donors (Lipinski definition) is 2. The van der Waals surface area contributed by atoms with Gasteiger partial charge in [-0.2, -0.15) is 0 Å². The second kappa shape index (κ2) is 7.09. The third kappa shape index (κ3) is 3.73. The van der Waals surface area contributed by atoms with Crippen LogP contribution in [0.3, 0.4) is 0 Å². The Bertz CT molecular complexity index is 624. The maximum atomic E-state index is 11.0. The Morgan fingerprint density at radius 1 is 1.29 bits per heavy atom. The Labute approximate surface area is 124 Å². The zero-order valence-corrected chi connectivity index (χ0v) is 12.4. The van der Waals surface area contributed by atoms with Crippen LogP contribution in [-0.2, 0) is 11.3 Å². The van der Waals surface area contributed by atoms with Crippen LogP contribution in [0.2, 0.25) is 0 Å². The van der Waals surface area contributed by atoms with E-state index in [4.69, 9.17) is 9.84 Å². The van der Waals surface area contributed by atoms with Gasteiger partial charge in [0.15, 0.2) is 6.10 Å². The molecule has 2 rings (SSSR count). The molecule has 112 valence electrons. The van der Waals surface area contributed by atoms with Crippen molar-refractivity contribution in [3.05, 3.63) is 42.0 Å². The fraction of sp³-hybridized carbons (Fsp3) is 0.353. The Balaban J connectivity index is 2.38. The fourth-order valence-electron chi connectivity index (χ4n) is 2.24. The SMILES string of the molecule is CCCNCc1c(OC(C)C(=O)O)ccc2ccccc12. The monoisotopic (exact) mass is 287 g/mol. The summed E-state index contributed by atoms with van der Waals surface area (Å²) in [5.41, 5.74) is 1.01. The molecule has 2 aromatic rings. The molecule has 2 N–H and O–H groups in total. The van der Waals surface area contributed by atoms with Crippen molar-refractivity contribution in [2.45, 2.75) is 32.9 Å². The molecule has 0 bridgehead atoms. The van der Waals surface area contributed by atoms with Gasteiger partial charge in [-0.05, 0) is 36.7 Å². The van der Waals surface area contributed by atoms with Crippen LogP contribution in [0.15, 0.2) is 36.4 Å². The average Bonchev–Trinajstić information content (AvgIpc) is 2.49. The van der Waals surface area contributed by atoms with Gasteiger partial charge >= 0.3 is 5.97 Å². The van der Waals surface area contributed by atoms with Gasteiger partial charge in [0.2, 0.25) is 0 Å². The van der Waals surface area contributed by atoms with E-state index in [9.17, 15) is 4.79 Å². The van der Waals surface area contributed by atoms with Crippen molar-refractivity contribution >= 4 is 16.7 Å². The van der Waals surface area contributed by atoms with Gasteiger partial charge in [-0.15, -0.1) is 0 Å². The zero-order chi connectivity index (χ0) is 15.2. The van der Waals surface area contributed by atoms with Crippen molar-refractivity contribution in [2.24, 2.45) is 0 Å². The van der Waals surface area contributed by atoms with E-state index in [0.717, 1.165) is 29.3 Å². The maximum Gasteiger partial charge on any atom is 0.344 e. The van der Waals surface area contributed by atoms with E-state index in [-0.39, 0.29) is 0 Å². The molecule has 0 amide bonds. The number of carboxylic acid groups (broad SMARTS) is 1. The molecule has 0 radical (unpaired) electrons. The second-order valence-electron chi connectivity index (χ2n) is 5.04. The first-order valence-electron chi connectivity index (χ1n) is 7.24. The van der Waals surface area contributed by atoms with Crippen molar-refractivity contribution in [1.82, 2.24) is 5.32 Å². The van der Waals surface area contributed by atoms with E-state index in [2.05, 4.69) is 12.2 Å². The molecule has 21 heavy (non-hydrogen) atoms. The van der Waals surface area contributed by atoms with Crippen LogP contribution in [-0.4, -0.2) is 23.7 Å². The quantitative estimate of drug-likeness (QED) is 0.768. The lowest BCUT2D eigenvalue weighted by Gasteiger charge is -2.17. The molecule has 0 aliphatic heterocycles. The van der Waals surface area contributed by atoms with Crippen LogP contribution in [0.5, 0.6) is 5.75 Å². The first-order chi connectivity index (χ1) is 10.1. The average molecular weight is 287 g/mol. The highest BCUT2D eigenvalue weighted by Gasteiger charge is 2.16. The molecule has 0 fully saturated rings. The highest BCUT2D eigenvalue weighted by Crippen LogP contribution is 2.28. The summed E-state index contributed by atoms with van der Waals surface area (Å²) in [6.45, 7) is 5.23. The summed E-state index contributed by atoms with van der Waals surface area (Å²) in [6.07, 6.45) is 0.183. The predicted octanol–water partition coefficient (Wildman–Crippen LogP) is 3.19. The summed E-state index contributed by atoms with van der Waals surface area (Å²) in [4.78, 5) is 11.0. The van der Waals surface area contributed by atoms with Gasteiger partial charge in [0, 0.05) is 12.1 Å². The lowest BCUT2D eigenvalue weighted by molar-refractivity contribution is -0.144. The number of aliphatic carboxylic acids is 1. The van der Waals surface area contributed by atoms with Crippen molar-refractivity contribution < 1.29 is 14.6 Å². The number of ether oxygens (including phenoxy) is 1. The molecule has 0 heterocycles. The molecular formula is C17H21NO3. The van der Waals surface area contributed by atoms with E-state index in [0.29, 0.717) is 12.3 Å². The molecule has 0 aliphatic carbocycles. The molecule has 0 aromatic heterocycles. The van der Waals surface area contributed by atoms with Crippen LogP contribution in [0, 0.1) is 0 Å². The largest absolute Gasteiger partial charge is 0.479 e. The van der Waals surface area contributed by atoms with Gasteiger partial charge < -0.3 is 15.2 Å². The van der Waals surface area contributed by atoms with E-state index in [1.165, 1.54) is 0 Å². The highest BCUT2D eigenvalue weighted by molar-refractivity contribution is 5.88. The molecule has 4 heteroatoms. The number of benzene rings is 2. The lowest BCUT2D eigenvalue weighted by Crippen LogP contribution is -2.24. The summed E-state index contributed by atoms with van der Waals surface area (Å²) in [7, 11) is 0. The van der Waals surface area contributed by atoms with Gasteiger partial charge in [-0.3, -0.25) is 0 Å². The Hall–Kier alpha value is -2.07. The van der Waals surface area contributed by atoms with E-state index in [1.807, 2.05) is 36.4 Å². The Morgan fingerprint density at radius 3 is 2.76 bits per heavy atom. The van der Waals surface area contributed by atoms with Crippen molar-refractivity contribution in [3.8, 4) is 5.75 Å². The van der Waals surface area contributed by atoms with Gasteiger partial charge in [-0.25, -0.2) is 4.79 Å². The van der Waals surface area contributed by atoms with Crippen molar-refractivity contribution in [2.75, 3.05) is 6.54 Å². The minimum Gasteiger partial charge on any atom is -0.479 e. The normalized spacial score (nSPS) is 12.3. The number of carbonyl (C=O) groups is 1. The Kier molecular flexibility index (Phi) is 5.17. The predicted molar refractivity (Wildman–Crippen MR) is 83.7 cm³/mol. The van der Waals surface area contributed by atoms with Crippen LogP contribution in [0.4, 0.5) is 0 Å². The standard InChI is InChI=1S/C17H21NO3/c1-3-10-18-11-15-14-7-5-4-6-13(14)8-9-16(15)21-12(2)17(19)20/h4-9,12,18H,3,10-11H2,1-2H3,(H,19,20). The topological polar surface area (TPSA) is 58.6 Å². The number of carboxylic acids is 1. The van der Waals surface area contributed by atoms with Crippen molar-refractivity contribution in [3.63, 3.8) is 0 Å². The molecule has 0 spiro atoms. The van der Waals surface area contributed by atoms with E-state index < -0.39 is 12.1 Å². The first-order valence-corrected chi connectivity index (χ1v) is 7.24.